The molecule has 6 heteroatoms. The lowest BCUT2D eigenvalue weighted by Gasteiger charge is -2.12. The van der Waals surface area contributed by atoms with Crippen molar-refractivity contribution in [1.29, 1.82) is 0 Å². The number of nitrogens with two attached hydrogens (primary N) is 2. The molecule has 0 saturated heterocycles. The number of primary amides is 1. The fourth-order valence-corrected chi connectivity index (χ4v) is 1.47. The first kappa shape index (κ1) is 16.0. The minimum absolute atomic E-state index is 0.185. The van der Waals surface area contributed by atoms with Crippen LogP contribution in [0.5, 0.6) is 5.75 Å². The number of carbonyl (C=O) groups is 2. The molecule has 5 N–H and O–H groups in total. The van der Waals surface area contributed by atoms with Crippen LogP contribution in [-0.4, -0.2) is 24.5 Å². The molecule has 0 spiro atoms. The third-order valence-electron chi connectivity index (χ3n) is 2.44. The van der Waals surface area contributed by atoms with Crippen LogP contribution in [0.3, 0.4) is 0 Å². The highest BCUT2D eigenvalue weighted by Crippen LogP contribution is 2.18. The maximum Gasteiger partial charge on any atom is 0.241 e. The van der Waals surface area contributed by atoms with Crippen LogP contribution in [0.15, 0.2) is 24.3 Å². The number of benzene rings is 1. The van der Waals surface area contributed by atoms with E-state index < -0.39 is 17.9 Å². The van der Waals surface area contributed by atoms with Gasteiger partial charge in [0.15, 0.2) is 0 Å². The van der Waals surface area contributed by atoms with Gasteiger partial charge in [0, 0.05) is 11.8 Å². The summed E-state index contributed by atoms with van der Waals surface area (Å²) in [5.74, 6) is 0.0173. The number of rotatable bonds is 7. The summed E-state index contributed by atoms with van der Waals surface area (Å²) in [4.78, 5) is 22.5. The molecule has 1 rings (SSSR count). The summed E-state index contributed by atoms with van der Waals surface area (Å²) in [6.07, 6.45) is -0.185. The highest BCUT2D eigenvalue weighted by atomic mass is 16.5. The Labute approximate surface area is 118 Å². The Kier molecular flexibility index (Phi) is 5.99. The molecule has 0 bridgehead atoms. The number of hydrogen-bond donors (Lipinski definition) is 3. The molecular formula is C14H21N3O3. The second-order valence-electron chi connectivity index (χ2n) is 5.00. The maximum atomic E-state index is 11.7. The Balaban J connectivity index is 2.61. The average molecular weight is 279 g/mol. The topological polar surface area (TPSA) is 107 Å². The second-order valence-corrected chi connectivity index (χ2v) is 5.00. The Morgan fingerprint density at radius 3 is 2.65 bits per heavy atom. The molecule has 2 amide bonds. The first-order valence-electron chi connectivity index (χ1n) is 6.46. The van der Waals surface area contributed by atoms with Gasteiger partial charge in [0.25, 0.3) is 0 Å². The maximum absolute atomic E-state index is 11.7. The predicted octanol–water partition coefficient (Wildman–Crippen LogP) is 0.863. The molecule has 1 aromatic carbocycles. The SMILES string of the molecule is CC(C)COc1cccc(NC(=O)C(N)CC(N)=O)c1. The zero-order valence-corrected chi connectivity index (χ0v) is 11.8. The van der Waals surface area contributed by atoms with E-state index in [1.165, 1.54) is 0 Å². The van der Waals surface area contributed by atoms with Crippen molar-refractivity contribution < 1.29 is 14.3 Å². The zero-order valence-electron chi connectivity index (χ0n) is 11.8. The van der Waals surface area contributed by atoms with Crippen LogP contribution in [0.25, 0.3) is 0 Å². The van der Waals surface area contributed by atoms with Crippen molar-refractivity contribution in [2.24, 2.45) is 17.4 Å². The van der Waals surface area contributed by atoms with Crippen LogP contribution in [0.1, 0.15) is 20.3 Å². The van der Waals surface area contributed by atoms with Gasteiger partial charge >= 0.3 is 0 Å². The van der Waals surface area contributed by atoms with Gasteiger partial charge in [-0.3, -0.25) is 9.59 Å². The molecule has 1 unspecified atom stereocenters. The fraction of sp³-hybridized carbons (Fsp3) is 0.429. The molecular weight excluding hydrogens is 258 g/mol. The Morgan fingerprint density at radius 1 is 1.35 bits per heavy atom. The number of amides is 2. The summed E-state index contributed by atoms with van der Waals surface area (Å²) in [5, 5.41) is 2.62. The van der Waals surface area contributed by atoms with Crippen LogP contribution in [-0.2, 0) is 9.59 Å². The third kappa shape index (κ3) is 5.71. The van der Waals surface area contributed by atoms with Gasteiger partial charge < -0.3 is 21.5 Å². The van der Waals surface area contributed by atoms with Crippen LogP contribution >= 0.6 is 0 Å². The number of carbonyl (C=O) groups excluding carboxylic acids is 2. The van der Waals surface area contributed by atoms with Gasteiger partial charge in [-0.25, -0.2) is 0 Å². The monoisotopic (exact) mass is 279 g/mol. The Hall–Kier alpha value is -2.08. The molecule has 0 fully saturated rings. The average Bonchev–Trinajstić information content (AvgIpc) is 2.36. The van der Waals surface area contributed by atoms with E-state index in [0.717, 1.165) is 0 Å². The van der Waals surface area contributed by atoms with Crippen molar-refractivity contribution in [2.75, 3.05) is 11.9 Å². The third-order valence-corrected chi connectivity index (χ3v) is 2.44. The zero-order chi connectivity index (χ0) is 15.1. The van der Waals surface area contributed by atoms with E-state index in [-0.39, 0.29) is 6.42 Å². The van der Waals surface area contributed by atoms with Crippen LogP contribution in [0, 0.1) is 5.92 Å². The number of hydrogen-bond acceptors (Lipinski definition) is 4. The Bertz CT molecular complexity index is 474. The van der Waals surface area contributed by atoms with E-state index in [1.807, 2.05) is 0 Å². The van der Waals surface area contributed by atoms with E-state index in [4.69, 9.17) is 16.2 Å². The van der Waals surface area contributed by atoms with Crippen molar-refractivity contribution in [3.05, 3.63) is 24.3 Å². The van der Waals surface area contributed by atoms with Crippen molar-refractivity contribution in [2.45, 2.75) is 26.3 Å². The van der Waals surface area contributed by atoms with E-state index in [9.17, 15) is 9.59 Å². The normalized spacial score (nSPS) is 12.0. The molecule has 0 aliphatic heterocycles. The predicted molar refractivity (Wildman–Crippen MR) is 77.2 cm³/mol. The smallest absolute Gasteiger partial charge is 0.241 e. The first-order chi connectivity index (χ1) is 9.38. The lowest BCUT2D eigenvalue weighted by Crippen LogP contribution is -2.38. The molecule has 0 heterocycles. The minimum Gasteiger partial charge on any atom is -0.493 e. The highest BCUT2D eigenvalue weighted by molar-refractivity contribution is 5.97. The lowest BCUT2D eigenvalue weighted by molar-refractivity contribution is -0.123. The molecule has 1 atom stereocenters. The molecule has 0 aliphatic rings. The molecule has 20 heavy (non-hydrogen) atoms. The molecule has 110 valence electrons. The van der Waals surface area contributed by atoms with Crippen molar-refractivity contribution >= 4 is 17.5 Å². The highest BCUT2D eigenvalue weighted by Gasteiger charge is 2.16. The van der Waals surface area contributed by atoms with Crippen molar-refractivity contribution in [3.63, 3.8) is 0 Å². The summed E-state index contributed by atoms with van der Waals surface area (Å²) < 4.78 is 5.56. The number of nitrogens with one attached hydrogen (secondary N) is 1. The quantitative estimate of drug-likeness (QED) is 0.688. The summed E-state index contributed by atoms with van der Waals surface area (Å²) in [5.41, 5.74) is 11.1. The summed E-state index contributed by atoms with van der Waals surface area (Å²) in [6.45, 7) is 4.70. The van der Waals surface area contributed by atoms with E-state index in [2.05, 4.69) is 19.2 Å². The van der Waals surface area contributed by atoms with E-state index in [0.29, 0.717) is 24.0 Å². The van der Waals surface area contributed by atoms with Gasteiger partial charge in [0.2, 0.25) is 11.8 Å². The molecule has 1 aromatic rings. The molecule has 0 aromatic heterocycles. The van der Waals surface area contributed by atoms with Gasteiger partial charge in [0.1, 0.15) is 5.75 Å². The Morgan fingerprint density at radius 2 is 2.05 bits per heavy atom. The van der Waals surface area contributed by atoms with E-state index >= 15 is 0 Å². The van der Waals surface area contributed by atoms with Gasteiger partial charge in [-0.05, 0) is 18.1 Å². The summed E-state index contributed by atoms with van der Waals surface area (Å²) in [7, 11) is 0. The van der Waals surface area contributed by atoms with Crippen molar-refractivity contribution in [1.82, 2.24) is 0 Å². The standard InChI is InChI=1S/C14H21N3O3/c1-9(2)8-20-11-5-3-4-10(6-11)17-14(19)12(15)7-13(16)18/h3-6,9,12H,7-8,15H2,1-2H3,(H2,16,18)(H,17,19). The largest absolute Gasteiger partial charge is 0.493 e. The van der Waals surface area contributed by atoms with Gasteiger partial charge in [-0.15, -0.1) is 0 Å². The van der Waals surface area contributed by atoms with Crippen LogP contribution in [0.4, 0.5) is 5.69 Å². The molecule has 6 nitrogen and oxygen atoms in total. The molecule has 0 radical (unpaired) electrons. The second kappa shape index (κ2) is 7.49. The van der Waals surface area contributed by atoms with E-state index in [1.54, 1.807) is 24.3 Å². The summed E-state index contributed by atoms with van der Waals surface area (Å²) >= 11 is 0. The van der Waals surface area contributed by atoms with Crippen LogP contribution in [0.2, 0.25) is 0 Å². The lowest BCUT2D eigenvalue weighted by atomic mass is 10.2. The number of ether oxygens (including phenoxy) is 1. The minimum atomic E-state index is -0.951. The molecule has 0 saturated carbocycles. The first-order valence-corrected chi connectivity index (χ1v) is 6.46. The van der Waals surface area contributed by atoms with Crippen molar-refractivity contribution in [3.8, 4) is 5.75 Å². The number of anilines is 1. The summed E-state index contributed by atoms with van der Waals surface area (Å²) in [6, 6.07) is 6.05. The fourth-order valence-electron chi connectivity index (χ4n) is 1.47. The van der Waals surface area contributed by atoms with Gasteiger partial charge in [-0.2, -0.15) is 0 Å². The van der Waals surface area contributed by atoms with Crippen LogP contribution < -0.4 is 21.5 Å². The molecule has 0 aliphatic carbocycles. The van der Waals surface area contributed by atoms with Gasteiger partial charge in [-0.1, -0.05) is 19.9 Å². The van der Waals surface area contributed by atoms with Gasteiger partial charge in [0.05, 0.1) is 19.1 Å².